The summed E-state index contributed by atoms with van der Waals surface area (Å²) in [7, 11) is 1.61. The van der Waals surface area contributed by atoms with Gasteiger partial charge in [0.2, 0.25) is 5.76 Å². The number of fused-ring (bicyclic) bond motifs is 2. The molecule has 1 amide bonds. The Morgan fingerprint density at radius 1 is 0.949 bits per heavy atom. The van der Waals surface area contributed by atoms with Crippen LogP contribution < -0.4 is 19.6 Å². The van der Waals surface area contributed by atoms with E-state index in [2.05, 4.69) is 0 Å². The summed E-state index contributed by atoms with van der Waals surface area (Å²) < 4.78 is 37.0. The summed E-state index contributed by atoms with van der Waals surface area (Å²) in [4.78, 5) is 29.1. The number of nitrogens with zero attached hydrogens (tertiary/aromatic N) is 1. The molecule has 1 aromatic heterocycles. The van der Waals surface area contributed by atoms with Gasteiger partial charge < -0.3 is 23.5 Å². The average molecular weight is 532 g/mol. The van der Waals surface area contributed by atoms with Gasteiger partial charge in [-0.05, 0) is 73.4 Å². The highest BCUT2D eigenvalue weighted by molar-refractivity contribution is 5.99. The lowest BCUT2D eigenvalue weighted by Gasteiger charge is -2.26. The highest BCUT2D eigenvalue weighted by atomic mass is 19.1. The van der Waals surface area contributed by atoms with E-state index in [1.54, 1.807) is 24.1 Å². The fourth-order valence-electron chi connectivity index (χ4n) is 4.91. The van der Waals surface area contributed by atoms with Gasteiger partial charge in [-0.25, -0.2) is 4.39 Å². The van der Waals surface area contributed by atoms with E-state index < -0.39 is 23.2 Å². The van der Waals surface area contributed by atoms with Gasteiger partial charge >= 0.3 is 0 Å². The minimum atomic E-state index is -0.742. The lowest BCUT2D eigenvalue weighted by molar-refractivity contribution is 0.0729. The van der Waals surface area contributed by atoms with Gasteiger partial charge in [-0.15, -0.1) is 0 Å². The molecule has 5 rings (SSSR count). The molecule has 0 N–H and O–H groups in total. The summed E-state index contributed by atoms with van der Waals surface area (Å²) >= 11 is 0. The van der Waals surface area contributed by atoms with Gasteiger partial charge in [-0.1, -0.05) is 25.1 Å². The van der Waals surface area contributed by atoms with Gasteiger partial charge in [0.15, 0.2) is 16.9 Å². The SMILES string of the molecule is CCCOc1ccc(C2c3c(oc4ccc(F)cc4c3=O)C(=O)N2CCc2ccc(OC)cc2)cc1OCC. The number of hydrogen-bond acceptors (Lipinski definition) is 6. The molecule has 1 unspecified atom stereocenters. The minimum Gasteiger partial charge on any atom is -0.497 e. The van der Waals surface area contributed by atoms with Crippen LogP contribution in [0.5, 0.6) is 17.2 Å². The largest absolute Gasteiger partial charge is 0.497 e. The second kappa shape index (κ2) is 11.2. The number of halogens is 1. The van der Waals surface area contributed by atoms with Crippen molar-refractivity contribution in [1.29, 1.82) is 0 Å². The molecule has 0 radical (unpaired) electrons. The van der Waals surface area contributed by atoms with Crippen LogP contribution in [0.2, 0.25) is 0 Å². The van der Waals surface area contributed by atoms with Gasteiger partial charge in [0, 0.05) is 6.54 Å². The van der Waals surface area contributed by atoms with Crippen molar-refractivity contribution in [2.45, 2.75) is 32.7 Å². The Labute approximate surface area is 225 Å². The summed E-state index contributed by atoms with van der Waals surface area (Å²) in [6.45, 7) is 5.16. The molecule has 202 valence electrons. The Balaban J connectivity index is 1.61. The standard InChI is InChI=1S/C31H30FNO6/c1-4-16-38-25-12-8-20(17-26(25)37-5-2)28-27-29(34)23-18-21(32)9-13-24(23)39-30(27)31(35)33(28)15-14-19-6-10-22(36-3)11-7-19/h6-13,17-18,28H,4-5,14-16H2,1-3H3. The van der Waals surface area contributed by atoms with Gasteiger partial charge in [-0.2, -0.15) is 0 Å². The number of carbonyl (C=O) groups is 1. The molecule has 0 saturated heterocycles. The summed E-state index contributed by atoms with van der Waals surface area (Å²) in [6.07, 6.45) is 1.38. The monoisotopic (exact) mass is 531 g/mol. The highest BCUT2D eigenvalue weighted by Gasteiger charge is 2.42. The Kier molecular flexibility index (Phi) is 7.54. The van der Waals surface area contributed by atoms with Gasteiger partial charge in [0.1, 0.15) is 17.1 Å². The van der Waals surface area contributed by atoms with Crippen LogP contribution in [-0.2, 0) is 6.42 Å². The Morgan fingerprint density at radius 3 is 2.46 bits per heavy atom. The third-order valence-corrected chi connectivity index (χ3v) is 6.77. The van der Waals surface area contributed by atoms with E-state index in [1.807, 2.05) is 44.2 Å². The lowest BCUT2D eigenvalue weighted by atomic mass is 9.97. The molecule has 0 saturated carbocycles. The van der Waals surface area contributed by atoms with Crippen molar-refractivity contribution in [3.8, 4) is 17.2 Å². The molecule has 1 aliphatic heterocycles. The summed E-state index contributed by atoms with van der Waals surface area (Å²) in [5, 5.41) is 0.0940. The third-order valence-electron chi connectivity index (χ3n) is 6.77. The number of ether oxygens (including phenoxy) is 3. The van der Waals surface area contributed by atoms with Crippen molar-refractivity contribution in [3.05, 3.63) is 99.2 Å². The Morgan fingerprint density at radius 2 is 1.74 bits per heavy atom. The number of methoxy groups -OCH3 is 1. The lowest BCUT2D eigenvalue weighted by Crippen LogP contribution is -2.31. The normalized spacial score (nSPS) is 14.5. The maximum absolute atomic E-state index is 14.1. The second-order valence-corrected chi connectivity index (χ2v) is 9.30. The third kappa shape index (κ3) is 5.06. The number of benzene rings is 3. The van der Waals surface area contributed by atoms with Crippen LogP contribution in [0.25, 0.3) is 11.0 Å². The van der Waals surface area contributed by atoms with E-state index >= 15 is 0 Å². The number of carbonyl (C=O) groups excluding carboxylic acids is 1. The maximum atomic E-state index is 14.1. The molecule has 0 bridgehead atoms. The first-order valence-corrected chi connectivity index (χ1v) is 13.0. The van der Waals surface area contributed by atoms with Crippen molar-refractivity contribution >= 4 is 16.9 Å². The zero-order valence-corrected chi connectivity index (χ0v) is 22.2. The zero-order valence-electron chi connectivity index (χ0n) is 22.2. The predicted molar refractivity (Wildman–Crippen MR) is 145 cm³/mol. The highest BCUT2D eigenvalue weighted by Crippen LogP contribution is 2.41. The molecular formula is C31H30FNO6. The van der Waals surface area contributed by atoms with E-state index in [0.29, 0.717) is 43.2 Å². The first-order chi connectivity index (χ1) is 18.9. The molecule has 39 heavy (non-hydrogen) atoms. The van der Waals surface area contributed by atoms with Crippen molar-refractivity contribution in [1.82, 2.24) is 4.90 Å². The average Bonchev–Trinajstić information content (AvgIpc) is 3.23. The molecule has 3 aromatic carbocycles. The number of rotatable bonds is 10. The van der Waals surface area contributed by atoms with E-state index in [4.69, 9.17) is 18.6 Å². The van der Waals surface area contributed by atoms with Gasteiger partial charge in [-0.3, -0.25) is 9.59 Å². The van der Waals surface area contributed by atoms with E-state index in [9.17, 15) is 14.0 Å². The summed E-state index contributed by atoms with van der Waals surface area (Å²) in [6, 6.07) is 16.0. The Bertz CT molecular complexity index is 1560. The van der Waals surface area contributed by atoms with E-state index in [-0.39, 0.29) is 22.3 Å². The predicted octanol–water partition coefficient (Wildman–Crippen LogP) is 5.92. The molecule has 0 aliphatic carbocycles. The van der Waals surface area contributed by atoms with Crippen LogP contribution in [-0.4, -0.2) is 37.7 Å². The van der Waals surface area contributed by atoms with Crippen LogP contribution >= 0.6 is 0 Å². The molecule has 7 nitrogen and oxygen atoms in total. The second-order valence-electron chi connectivity index (χ2n) is 9.30. The van der Waals surface area contributed by atoms with Crippen LogP contribution in [0.4, 0.5) is 4.39 Å². The number of amides is 1. The molecule has 1 aliphatic rings. The fraction of sp³-hybridized carbons (Fsp3) is 0.290. The Hall–Kier alpha value is -4.33. The van der Waals surface area contributed by atoms with Crippen molar-refractivity contribution in [2.24, 2.45) is 0 Å². The molecule has 8 heteroatoms. The summed E-state index contributed by atoms with van der Waals surface area (Å²) in [5.41, 5.74) is 1.61. The minimum absolute atomic E-state index is 0.0249. The van der Waals surface area contributed by atoms with Crippen LogP contribution in [0.3, 0.4) is 0 Å². The topological polar surface area (TPSA) is 78.2 Å². The molecule has 0 spiro atoms. The van der Waals surface area contributed by atoms with Gasteiger partial charge in [0.25, 0.3) is 5.91 Å². The first-order valence-electron chi connectivity index (χ1n) is 13.0. The van der Waals surface area contributed by atoms with Crippen LogP contribution in [0, 0.1) is 5.82 Å². The summed E-state index contributed by atoms with van der Waals surface area (Å²) in [5.74, 6) is 0.881. The number of hydrogen-bond donors (Lipinski definition) is 0. The molecular weight excluding hydrogens is 501 g/mol. The van der Waals surface area contributed by atoms with Crippen molar-refractivity contribution < 1.29 is 27.8 Å². The van der Waals surface area contributed by atoms with Crippen molar-refractivity contribution in [2.75, 3.05) is 26.9 Å². The van der Waals surface area contributed by atoms with E-state index in [1.165, 1.54) is 12.1 Å². The van der Waals surface area contributed by atoms with Crippen LogP contribution in [0.1, 0.15) is 53.6 Å². The fourth-order valence-corrected chi connectivity index (χ4v) is 4.91. The van der Waals surface area contributed by atoms with E-state index in [0.717, 1.165) is 23.8 Å². The zero-order chi connectivity index (χ0) is 27.5. The van der Waals surface area contributed by atoms with Crippen LogP contribution in [0.15, 0.2) is 69.9 Å². The van der Waals surface area contributed by atoms with Crippen molar-refractivity contribution in [3.63, 3.8) is 0 Å². The molecule has 2 heterocycles. The maximum Gasteiger partial charge on any atom is 0.290 e. The molecule has 0 fully saturated rings. The smallest absolute Gasteiger partial charge is 0.290 e. The van der Waals surface area contributed by atoms with Gasteiger partial charge in [0.05, 0.1) is 37.3 Å². The first kappa shape index (κ1) is 26.3. The quantitative estimate of drug-likeness (QED) is 0.253. The molecule has 4 aromatic rings. The molecule has 1 atom stereocenters.